The van der Waals surface area contributed by atoms with Crippen molar-refractivity contribution in [2.24, 2.45) is 0 Å². The quantitative estimate of drug-likeness (QED) is 0.431. The predicted molar refractivity (Wildman–Crippen MR) is 89.0 cm³/mol. The van der Waals surface area contributed by atoms with E-state index in [1.165, 1.54) is 32.6 Å². The summed E-state index contributed by atoms with van der Waals surface area (Å²) in [5, 5.41) is 10.1. The molecule has 0 aliphatic rings. The maximum Gasteiger partial charge on any atom is 0.322 e. The summed E-state index contributed by atoms with van der Waals surface area (Å²) in [7, 11) is 0. The summed E-state index contributed by atoms with van der Waals surface area (Å²) in [6, 6.07) is 0. The molecule has 0 bridgehead atoms. The van der Waals surface area contributed by atoms with Crippen LogP contribution in [-0.2, 0) is 9.63 Å². The first kappa shape index (κ1) is 22.7. The molecule has 4 nitrogen and oxygen atoms in total. The Labute approximate surface area is 131 Å². The number of rotatable bonds is 12. The molecule has 0 saturated carbocycles. The molecule has 0 aliphatic heterocycles. The Balaban J connectivity index is 0. The summed E-state index contributed by atoms with van der Waals surface area (Å²) in [5.74, 6) is -0.216. The van der Waals surface area contributed by atoms with Gasteiger partial charge in [-0.1, -0.05) is 59.3 Å². The lowest BCUT2D eigenvalue weighted by Crippen LogP contribution is -2.28. The molecular formula is C17H37NO3. The minimum Gasteiger partial charge on any atom is -0.396 e. The smallest absolute Gasteiger partial charge is 0.322 e. The molecule has 0 aliphatic carbocycles. The fourth-order valence-electron chi connectivity index (χ4n) is 1.77. The number of carbonyl (C=O) groups excluding carboxylic acids is 1. The topological polar surface area (TPSA) is 49.8 Å². The highest BCUT2D eigenvalue weighted by molar-refractivity contribution is 5.65. The molecule has 0 rings (SSSR count). The Morgan fingerprint density at radius 3 is 1.71 bits per heavy atom. The largest absolute Gasteiger partial charge is 0.396 e. The molecule has 0 unspecified atom stereocenters. The van der Waals surface area contributed by atoms with Gasteiger partial charge in [-0.05, 0) is 19.3 Å². The molecule has 0 atom stereocenters. The summed E-state index contributed by atoms with van der Waals surface area (Å²) in [5.41, 5.74) is 0. The van der Waals surface area contributed by atoms with Gasteiger partial charge in [-0.15, -0.1) is 5.06 Å². The lowest BCUT2D eigenvalue weighted by atomic mass is 10.2. The van der Waals surface area contributed by atoms with Crippen molar-refractivity contribution in [2.75, 3.05) is 19.7 Å². The summed E-state index contributed by atoms with van der Waals surface area (Å²) >= 11 is 0. The third-order valence-corrected chi connectivity index (χ3v) is 3.04. The van der Waals surface area contributed by atoms with Crippen LogP contribution < -0.4 is 0 Å². The second kappa shape index (κ2) is 19.4. The van der Waals surface area contributed by atoms with Crippen LogP contribution in [0.1, 0.15) is 85.5 Å². The van der Waals surface area contributed by atoms with Crippen LogP contribution in [0.25, 0.3) is 0 Å². The number of carbonyl (C=O) groups is 1. The predicted octanol–water partition coefficient (Wildman–Crippen LogP) is 4.32. The highest BCUT2D eigenvalue weighted by Gasteiger charge is 2.06. The molecule has 0 amide bonds. The van der Waals surface area contributed by atoms with Crippen LogP contribution in [0.3, 0.4) is 0 Å². The fourth-order valence-corrected chi connectivity index (χ4v) is 1.77. The van der Waals surface area contributed by atoms with E-state index >= 15 is 0 Å². The number of aliphatic hydroxyl groups is 1. The van der Waals surface area contributed by atoms with E-state index in [2.05, 4.69) is 20.8 Å². The average Bonchev–Trinajstić information content (AvgIpc) is 2.47. The van der Waals surface area contributed by atoms with Crippen LogP contribution in [0.15, 0.2) is 0 Å². The van der Waals surface area contributed by atoms with E-state index in [1.807, 2.05) is 0 Å². The zero-order valence-corrected chi connectivity index (χ0v) is 14.7. The van der Waals surface area contributed by atoms with Gasteiger partial charge in [0.1, 0.15) is 0 Å². The number of aliphatic hydroxyl groups excluding tert-OH is 1. The Kier molecular flexibility index (Phi) is 20.9. The van der Waals surface area contributed by atoms with Crippen LogP contribution in [-0.4, -0.2) is 35.8 Å². The molecule has 0 saturated heterocycles. The third-order valence-electron chi connectivity index (χ3n) is 3.04. The second-order valence-corrected chi connectivity index (χ2v) is 5.36. The molecule has 0 radical (unpaired) electrons. The summed E-state index contributed by atoms with van der Waals surface area (Å²) in [6.45, 7) is 9.98. The van der Waals surface area contributed by atoms with Gasteiger partial charge in [-0.3, -0.25) is 4.79 Å². The first-order chi connectivity index (χ1) is 10.1. The Bertz CT molecular complexity index is 196. The van der Waals surface area contributed by atoms with Crippen molar-refractivity contribution in [2.45, 2.75) is 85.5 Å². The van der Waals surface area contributed by atoms with Gasteiger partial charge < -0.3 is 9.94 Å². The van der Waals surface area contributed by atoms with Gasteiger partial charge in [0, 0.05) is 26.6 Å². The summed E-state index contributed by atoms with van der Waals surface area (Å²) in [6.07, 6.45) is 10.5. The minimum atomic E-state index is -0.216. The standard InChI is InChI=1S/C10H21NO2.C7H16O/c1-4-6-8-11(9-7-5-2)13-10(3)12;1-2-3-4-5-6-7-8/h4-9H2,1-3H3;8H,2-7H2,1H3. The molecular weight excluding hydrogens is 266 g/mol. The van der Waals surface area contributed by atoms with E-state index in [0.717, 1.165) is 45.2 Å². The molecule has 0 aromatic rings. The van der Waals surface area contributed by atoms with Crippen LogP contribution in [0.2, 0.25) is 0 Å². The Hall–Kier alpha value is -0.610. The number of hydrogen-bond acceptors (Lipinski definition) is 4. The van der Waals surface area contributed by atoms with E-state index in [9.17, 15) is 4.79 Å². The zero-order valence-electron chi connectivity index (χ0n) is 14.7. The Morgan fingerprint density at radius 1 is 0.857 bits per heavy atom. The molecule has 0 aromatic carbocycles. The highest BCUT2D eigenvalue weighted by Crippen LogP contribution is 2.01. The third kappa shape index (κ3) is 21.8. The summed E-state index contributed by atoms with van der Waals surface area (Å²) in [4.78, 5) is 15.8. The van der Waals surface area contributed by atoms with Crippen molar-refractivity contribution in [3.63, 3.8) is 0 Å². The Morgan fingerprint density at radius 2 is 1.33 bits per heavy atom. The molecule has 128 valence electrons. The average molecular weight is 303 g/mol. The van der Waals surface area contributed by atoms with Crippen molar-refractivity contribution >= 4 is 5.97 Å². The number of hydrogen-bond donors (Lipinski definition) is 1. The lowest BCUT2D eigenvalue weighted by molar-refractivity contribution is -0.188. The fraction of sp³-hybridized carbons (Fsp3) is 0.941. The monoisotopic (exact) mass is 303 g/mol. The molecule has 0 spiro atoms. The molecule has 0 aromatic heterocycles. The highest BCUT2D eigenvalue weighted by atomic mass is 16.7. The lowest BCUT2D eigenvalue weighted by Gasteiger charge is -2.19. The van der Waals surface area contributed by atoms with Gasteiger partial charge in [0.25, 0.3) is 0 Å². The van der Waals surface area contributed by atoms with Crippen molar-refractivity contribution in [3.05, 3.63) is 0 Å². The maximum atomic E-state index is 10.7. The van der Waals surface area contributed by atoms with Crippen LogP contribution in [0.4, 0.5) is 0 Å². The number of hydroxylamine groups is 2. The van der Waals surface area contributed by atoms with E-state index in [-0.39, 0.29) is 5.97 Å². The van der Waals surface area contributed by atoms with Crippen LogP contribution in [0.5, 0.6) is 0 Å². The zero-order chi connectivity index (χ0) is 16.3. The number of nitrogens with zero attached hydrogens (tertiary/aromatic N) is 1. The summed E-state index contributed by atoms with van der Waals surface area (Å²) < 4.78 is 0. The SMILES string of the molecule is CCCCCCCO.CCCCN(CCCC)OC(C)=O. The van der Waals surface area contributed by atoms with Gasteiger partial charge in [0.2, 0.25) is 0 Å². The van der Waals surface area contributed by atoms with Gasteiger partial charge in [-0.25, -0.2) is 0 Å². The van der Waals surface area contributed by atoms with Crippen LogP contribution in [0, 0.1) is 0 Å². The maximum absolute atomic E-state index is 10.7. The molecule has 4 heteroatoms. The minimum absolute atomic E-state index is 0.216. The van der Waals surface area contributed by atoms with E-state index in [0.29, 0.717) is 6.61 Å². The van der Waals surface area contributed by atoms with Crippen molar-refractivity contribution in [1.82, 2.24) is 5.06 Å². The van der Waals surface area contributed by atoms with Crippen LogP contribution >= 0.6 is 0 Å². The van der Waals surface area contributed by atoms with Crippen molar-refractivity contribution in [3.8, 4) is 0 Å². The second-order valence-electron chi connectivity index (χ2n) is 5.36. The number of unbranched alkanes of at least 4 members (excludes halogenated alkanes) is 6. The van der Waals surface area contributed by atoms with E-state index in [1.54, 1.807) is 5.06 Å². The van der Waals surface area contributed by atoms with E-state index in [4.69, 9.17) is 9.94 Å². The van der Waals surface area contributed by atoms with Gasteiger partial charge in [0.15, 0.2) is 0 Å². The molecule has 0 heterocycles. The molecule has 21 heavy (non-hydrogen) atoms. The molecule has 0 fully saturated rings. The van der Waals surface area contributed by atoms with Gasteiger partial charge >= 0.3 is 5.97 Å². The van der Waals surface area contributed by atoms with Crippen molar-refractivity contribution in [1.29, 1.82) is 0 Å². The van der Waals surface area contributed by atoms with E-state index < -0.39 is 0 Å². The normalized spacial score (nSPS) is 10.2. The van der Waals surface area contributed by atoms with Gasteiger partial charge in [0.05, 0.1) is 0 Å². The van der Waals surface area contributed by atoms with Gasteiger partial charge in [-0.2, -0.15) is 0 Å². The first-order valence-corrected chi connectivity index (χ1v) is 8.66. The van der Waals surface area contributed by atoms with Crippen molar-refractivity contribution < 1.29 is 14.7 Å². The molecule has 1 N–H and O–H groups in total. The first-order valence-electron chi connectivity index (χ1n) is 8.66.